The molecule has 2 rings (SSSR count). The summed E-state index contributed by atoms with van der Waals surface area (Å²) in [5.41, 5.74) is 0.718. The molecule has 1 aromatic rings. The maximum Gasteiger partial charge on any atom is 0.334 e. The molecule has 112 valence electrons. The summed E-state index contributed by atoms with van der Waals surface area (Å²) in [6, 6.07) is 0.603. The van der Waals surface area contributed by atoms with Crippen LogP contribution in [0.5, 0.6) is 0 Å². The van der Waals surface area contributed by atoms with Crippen LogP contribution >= 0.6 is 0 Å². The second-order valence-corrected chi connectivity index (χ2v) is 5.97. The van der Waals surface area contributed by atoms with Crippen molar-refractivity contribution in [1.82, 2.24) is 15.1 Å². The summed E-state index contributed by atoms with van der Waals surface area (Å²) in [7, 11) is 1.78. The Morgan fingerprint density at radius 2 is 1.90 bits per heavy atom. The van der Waals surface area contributed by atoms with Crippen LogP contribution in [0.15, 0.2) is 0 Å². The maximum atomic E-state index is 11.5. The number of nitro groups is 1. The molecule has 2 heterocycles. The highest BCUT2D eigenvalue weighted by Crippen LogP contribution is 2.35. The predicted molar refractivity (Wildman–Crippen MR) is 78.2 cm³/mol. The Balaban J connectivity index is 2.47. The van der Waals surface area contributed by atoms with Gasteiger partial charge in [0.05, 0.1) is 4.92 Å². The van der Waals surface area contributed by atoms with Gasteiger partial charge in [0.1, 0.15) is 5.69 Å². The molecule has 1 aliphatic heterocycles. The fourth-order valence-corrected chi connectivity index (χ4v) is 2.94. The SMILES string of the molecule is CC1CN(c2c([N+](=O)[O-])c(C(C)C)nn2C)CC(C)N1. The van der Waals surface area contributed by atoms with E-state index in [0.29, 0.717) is 23.6 Å². The van der Waals surface area contributed by atoms with Crippen LogP contribution in [-0.2, 0) is 7.05 Å². The van der Waals surface area contributed by atoms with E-state index in [4.69, 9.17) is 0 Å². The Hall–Kier alpha value is -1.63. The molecule has 20 heavy (non-hydrogen) atoms. The number of nitrogens with zero attached hydrogens (tertiary/aromatic N) is 4. The third kappa shape index (κ3) is 2.63. The van der Waals surface area contributed by atoms with E-state index in [0.717, 1.165) is 13.1 Å². The van der Waals surface area contributed by atoms with E-state index in [1.54, 1.807) is 11.7 Å². The molecule has 7 nitrogen and oxygen atoms in total. The standard InChI is InChI=1S/C13H23N5O2/c1-8(2)11-12(18(19)20)13(16(5)15-11)17-6-9(3)14-10(4)7-17/h8-10,14H,6-7H2,1-5H3. The summed E-state index contributed by atoms with van der Waals surface area (Å²) in [5, 5.41) is 19.3. The zero-order valence-corrected chi connectivity index (χ0v) is 12.8. The van der Waals surface area contributed by atoms with Gasteiger partial charge in [0.2, 0.25) is 5.82 Å². The summed E-state index contributed by atoms with van der Waals surface area (Å²) in [5.74, 6) is 0.659. The van der Waals surface area contributed by atoms with Gasteiger partial charge in [-0.1, -0.05) is 13.8 Å². The monoisotopic (exact) mass is 281 g/mol. The Kier molecular flexibility index (Phi) is 3.99. The zero-order chi connectivity index (χ0) is 15.0. The van der Waals surface area contributed by atoms with Crippen molar-refractivity contribution in [1.29, 1.82) is 0 Å². The number of hydrogen-bond acceptors (Lipinski definition) is 5. The Morgan fingerprint density at radius 1 is 1.35 bits per heavy atom. The largest absolute Gasteiger partial charge is 0.348 e. The topological polar surface area (TPSA) is 76.2 Å². The van der Waals surface area contributed by atoms with Crippen LogP contribution in [0.25, 0.3) is 0 Å². The number of anilines is 1. The van der Waals surface area contributed by atoms with E-state index < -0.39 is 0 Å². The van der Waals surface area contributed by atoms with Crippen LogP contribution in [-0.4, -0.2) is 39.9 Å². The smallest absolute Gasteiger partial charge is 0.334 e. The molecule has 1 fully saturated rings. The number of aromatic nitrogens is 2. The van der Waals surface area contributed by atoms with Crippen LogP contribution in [0.2, 0.25) is 0 Å². The minimum absolute atomic E-state index is 0.0353. The van der Waals surface area contributed by atoms with Crippen LogP contribution < -0.4 is 10.2 Å². The third-order valence-electron chi connectivity index (χ3n) is 3.61. The zero-order valence-electron chi connectivity index (χ0n) is 12.8. The van der Waals surface area contributed by atoms with Crippen LogP contribution in [0.4, 0.5) is 11.5 Å². The molecule has 1 saturated heterocycles. The van der Waals surface area contributed by atoms with Crippen molar-refractivity contribution in [2.24, 2.45) is 7.05 Å². The average molecular weight is 281 g/mol. The fourth-order valence-electron chi connectivity index (χ4n) is 2.94. The molecule has 0 amide bonds. The lowest BCUT2D eigenvalue weighted by Gasteiger charge is -2.36. The average Bonchev–Trinajstić information content (AvgIpc) is 2.65. The molecule has 0 saturated carbocycles. The summed E-state index contributed by atoms with van der Waals surface area (Å²) >= 11 is 0. The van der Waals surface area contributed by atoms with Crippen molar-refractivity contribution >= 4 is 11.5 Å². The Labute approximate surface area is 119 Å². The van der Waals surface area contributed by atoms with Crippen molar-refractivity contribution in [3.63, 3.8) is 0 Å². The summed E-state index contributed by atoms with van der Waals surface area (Å²) in [6.07, 6.45) is 0. The van der Waals surface area contributed by atoms with Gasteiger partial charge in [0, 0.05) is 38.1 Å². The van der Waals surface area contributed by atoms with Crippen molar-refractivity contribution < 1.29 is 4.92 Å². The molecule has 1 aliphatic rings. The van der Waals surface area contributed by atoms with Crippen molar-refractivity contribution in [3.05, 3.63) is 15.8 Å². The van der Waals surface area contributed by atoms with Gasteiger partial charge in [-0.05, 0) is 13.8 Å². The van der Waals surface area contributed by atoms with Crippen molar-refractivity contribution in [3.8, 4) is 0 Å². The third-order valence-corrected chi connectivity index (χ3v) is 3.61. The highest BCUT2D eigenvalue weighted by Gasteiger charge is 2.34. The minimum Gasteiger partial charge on any atom is -0.348 e. The quantitative estimate of drug-likeness (QED) is 0.673. The summed E-state index contributed by atoms with van der Waals surface area (Å²) < 4.78 is 1.65. The number of hydrogen-bond donors (Lipinski definition) is 1. The lowest BCUT2D eigenvalue weighted by atomic mass is 10.1. The maximum absolute atomic E-state index is 11.5. The first-order valence-electron chi connectivity index (χ1n) is 7.03. The molecule has 0 spiro atoms. The second kappa shape index (κ2) is 5.40. The molecular formula is C13H23N5O2. The molecule has 2 atom stereocenters. The number of aryl methyl sites for hydroxylation is 1. The first kappa shape index (κ1) is 14.8. The fraction of sp³-hybridized carbons (Fsp3) is 0.769. The number of nitrogens with one attached hydrogen (secondary N) is 1. The van der Waals surface area contributed by atoms with E-state index in [2.05, 4.69) is 29.2 Å². The first-order valence-corrected chi connectivity index (χ1v) is 7.03. The molecule has 7 heteroatoms. The minimum atomic E-state index is -0.297. The number of piperazine rings is 1. The molecule has 0 aromatic carbocycles. The Bertz CT molecular complexity index is 501. The molecule has 0 radical (unpaired) electrons. The van der Waals surface area contributed by atoms with Crippen molar-refractivity contribution in [2.45, 2.75) is 45.7 Å². The van der Waals surface area contributed by atoms with Gasteiger partial charge in [-0.3, -0.25) is 10.1 Å². The van der Waals surface area contributed by atoms with Crippen LogP contribution in [0.3, 0.4) is 0 Å². The van der Waals surface area contributed by atoms with Crippen molar-refractivity contribution in [2.75, 3.05) is 18.0 Å². The van der Waals surface area contributed by atoms with E-state index in [1.807, 2.05) is 13.8 Å². The second-order valence-electron chi connectivity index (χ2n) is 5.97. The summed E-state index contributed by atoms with van der Waals surface area (Å²) in [4.78, 5) is 13.3. The first-order chi connectivity index (χ1) is 9.31. The van der Waals surface area contributed by atoms with Gasteiger partial charge < -0.3 is 10.2 Å². The molecule has 0 bridgehead atoms. The lowest BCUT2D eigenvalue weighted by Crippen LogP contribution is -2.54. The van der Waals surface area contributed by atoms with Gasteiger partial charge in [-0.15, -0.1) is 0 Å². The molecule has 1 aromatic heterocycles. The van der Waals surface area contributed by atoms with E-state index in [-0.39, 0.29) is 16.5 Å². The van der Waals surface area contributed by atoms with Crippen LogP contribution in [0, 0.1) is 10.1 Å². The molecule has 2 unspecified atom stereocenters. The van der Waals surface area contributed by atoms with Gasteiger partial charge in [-0.2, -0.15) is 5.10 Å². The molecule has 1 N–H and O–H groups in total. The summed E-state index contributed by atoms with van der Waals surface area (Å²) in [6.45, 7) is 9.55. The van der Waals surface area contributed by atoms with Gasteiger partial charge in [0.15, 0.2) is 0 Å². The van der Waals surface area contributed by atoms with E-state index in [1.165, 1.54) is 0 Å². The van der Waals surface area contributed by atoms with Gasteiger partial charge in [-0.25, -0.2) is 4.68 Å². The lowest BCUT2D eigenvalue weighted by molar-refractivity contribution is -0.385. The normalized spacial score (nSPS) is 23.4. The van der Waals surface area contributed by atoms with E-state index >= 15 is 0 Å². The van der Waals surface area contributed by atoms with Gasteiger partial charge in [0.25, 0.3) is 0 Å². The molecular weight excluding hydrogens is 258 g/mol. The van der Waals surface area contributed by atoms with E-state index in [9.17, 15) is 10.1 Å². The Morgan fingerprint density at radius 3 is 2.35 bits per heavy atom. The van der Waals surface area contributed by atoms with Crippen LogP contribution in [0.1, 0.15) is 39.3 Å². The highest BCUT2D eigenvalue weighted by molar-refractivity contribution is 5.62. The van der Waals surface area contributed by atoms with Gasteiger partial charge >= 0.3 is 5.69 Å². The highest BCUT2D eigenvalue weighted by atomic mass is 16.6. The molecule has 0 aliphatic carbocycles. The predicted octanol–water partition coefficient (Wildman–Crippen LogP) is 1.64. The number of rotatable bonds is 3.